The summed E-state index contributed by atoms with van der Waals surface area (Å²) in [7, 11) is 0. The van der Waals surface area contributed by atoms with Gasteiger partial charge in [-0.15, -0.1) is 0 Å². The molecule has 0 spiro atoms. The van der Waals surface area contributed by atoms with Gasteiger partial charge in [-0.1, -0.05) is 13.3 Å². The Hall–Kier alpha value is -0.960. The van der Waals surface area contributed by atoms with Gasteiger partial charge in [0.1, 0.15) is 6.33 Å². The molecule has 0 radical (unpaired) electrons. The van der Waals surface area contributed by atoms with Crippen molar-refractivity contribution in [3.05, 3.63) is 23.3 Å². The minimum absolute atomic E-state index is 0.262. The van der Waals surface area contributed by atoms with Crippen molar-refractivity contribution in [3.63, 3.8) is 0 Å². The highest BCUT2D eigenvalue weighted by molar-refractivity contribution is 5.26. The van der Waals surface area contributed by atoms with Crippen LogP contribution in [0.15, 0.2) is 6.33 Å². The van der Waals surface area contributed by atoms with E-state index in [1.165, 1.54) is 30.5 Å². The van der Waals surface area contributed by atoms with Crippen molar-refractivity contribution in [3.8, 4) is 0 Å². The quantitative estimate of drug-likeness (QED) is 0.793. The van der Waals surface area contributed by atoms with Gasteiger partial charge in [0.2, 0.25) is 0 Å². The van der Waals surface area contributed by atoms with E-state index in [9.17, 15) is 5.11 Å². The maximum atomic E-state index is 9.72. The summed E-state index contributed by atoms with van der Waals surface area (Å²) in [6, 6.07) is 0. The number of rotatable bonds is 3. The Morgan fingerprint density at radius 3 is 2.88 bits per heavy atom. The van der Waals surface area contributed by atoms with Crippen LogP contribution < -0.4 is 0 Å². The average molecular weight is 220 g/mol. The SMILES string of the molecule is CCC(O)Cc1ncnc2c1CCCCC2. The van der Waals surface area contributed by atoms with Crippen LogP contribution in [0.1, 0.15) is 49.6 Å². The number of aryl methyl sites for hydroxylation is 1. The van der Waals surface area contributed by atoms with Gasteiger partial charge in [-0.25, -0.2) is 9.97 Å². The second kappa shape index (κ2) is 5.39. The molecule has 0 bridgehead atoms. The maximum Gasteiger partial charge on any atom is 0.115 e. The molecule has 0 fully saturated rings. The van der Waals surface area contributed by atoms with E-state index in [2.05, 4.69) is 9.97 Å². The van der Waals surface area contributed by atoms with Crippen LogP contribution in [0.3, 0.4) is 0 Å². The first kappa shape index (κ1) is 11.5. The van der Waals surface area contributed by atoms with Crippen molar-refractivity contribution in [2.75, 3.05) is 0 Å². The van der Waals surface area contributed by atoms with Crippen LogP contribution in [0, 0.1) is 0 Å². The predicted molar refractivity (Wildman–Crippen MR) is 63.3 cm³/mol. The van der Waals surface area contributed by atoms with E-state index in [1.54, 1.807) is 6.33 Å². The standard InChI is InChI=1S/C13H20N2O/c1-2-10(16)8-13-11-6-4-3-5-7-12(11)14-9-15-13/h9-10,16H,2-8H2,1H3. The zero-order valence-electron chi connectivity index (χ0n) is 9.95. The molecule has 3 heteroatoms. The van der Waals surface area contributed by atoms with Crippen LogP contribution in [0.5, 0.6) is 0 Å². The van der Waals surface area contributed by atoms with Crippen molar-refractivity contribution >= 4 is 0 Å². The molecule has 1 unspecified atom stereocenters. The van der Waals surface area contributed by atoms with Crippen LogP contribution in [0.25, 0.3) is 0 Å². The molecule has 0 aliphatic heterocycles. The minimum Gasteiger partial charge on any atom is -0.393 e. The van der Waals surface area contributed by atoms with E-state index in [4.69, 9.17) is 0 Å². The fourth-order valence-electron chi connectivity index (χ4n) is 2.31. The van der Waals surface area contributed by atoms with Crippen molar-refractivity contribution < 1.29 is 5.11 Å². The van der Waals surface area contributed by atoms with E-state index in [1.807, 2.05) is 6.92 Å². The van der Waals surface area contributed by atoms with Crippen LogP contribution in [-0.2, 0) is 19.3 Å². The third kappa shape index (κ3) is 2.59. The van der Waals surface area contributed by atoms with Crippen molar-refractivity contribution in [2.45, 2.75) is 58.0 Å². The Labute approximate surface area is 96.9 Å². The number of fused-ring (bicyclic) bond motifs is 1. The topological polar surface area (TPSA) is 46.0 Å². The summed E-state index contributed by atoms with van der Waals surface area (Å²) in [6.07, 6.45) is 8.78. The van der Waals surface area contributed by atoms with E-state index in [-0.39, 0.29) is 6.10 Å². The highest BCUT2D eigenvalue weighted by Crippen LogP contribution is 2.21. The summed E-state index contributed by atoms with van der Waals surface area (Å²) in [5, 5.41) is 9.72. The molecule has 1 aromatic rings. The fraction of sp³-hybridized carbons (Fsp3) is 0.692. The molecule has 1 heterocycles. The molecule has 1 aliphatic carbocycles. The molecule has 88 valence electrons. The molecular formula is C13H20N2O. The monoisotopic (exact) mass is 220 g/mol. The van der Waals surface area contributed by atoms with Gasteiger partial charge >= 0.3 is 0 Å². The second-order valence-corrected chi connectivity index (χ2v) is 4.57. The number of aromatic nitrogens is 2. The predicted octanol–water partition coefficient (Wildman–Crippen LogP) is 2.06. The van der Waals surface area contributed by atoms with E-state index in [0.717, 1.165) is 25.0 Å². The number of aliphatic hydroxyl groups excluding tert-OH is 1. The first-order valence-electron chi connectivity index (χ1n) is 6.31. The summed E-state index contributed by atoms with van der Waals surface area (Å²) >= 11 is 0. The zero-order valence-corrected chi connectivity index (χ0v) is 9.95. The fourth-order valence-corrected chi connectivity index (χ4v) is 2.31. The van der Waals surface area contributed by atoms with Gasteiger partial charge in [0, 0.05) is 17.8 Å². The molecule has 0 saturated heterocycles. The Kier molecular flexibility index (Phi) is 3.88. The normalized spacial score (nSPS) is 17.6. The molecule has 2 rings (SSSR count). The highest BCUT2D eigenvalue weighted by atomic mass is 16.3. The lowest BCUT2D eigenvalue weighted by Gasteiger charge is -2.12. The molecule has 0 amide bonds. The van der Waals surface area contributed by atoms with E-state index >= 15 is 0 Å². The summed E-state index contributed by atoms with van der Waals surface area (Å²) in [4.78, 5) is 8.73. The maximum absolute atomic E-state index is 9.72. The van der Waals surface area contributed by atoms with Crippen molar-refractivity contribution in [2.24, 2.45) is 0 Å². The number of nitrogens with zero attached hydrogens (tertiary/aromatic N) is 2. The Balaban J connectivity index is 2.24. The lowest BCUT2D eigenvalue weighted by molar-refractivity contribution is 0.169. The van der Waals surface area contributed by atoms with Crippen LogP contribution in [0.4, 0.5) is 0 Å². The smallest absolute Gasteiger partial charge is 0.115 e. The summed E-state index contributed by atoms with van der Waals surface area (Å²) in [6.45, 7) is 2.00. The van der Waals surface area contributed by atoms with Gasteiger partial charge < -0.3 is 5.11 Å². The van der Waals surface area contributed by atoms with Gasteiger partial charge in [-0.3, -0.25) is 0 Å². The molecule has 0 saturated carbocycles. The third-order valence-corrected chi connectivity index (χ3v) is 3.36. The minimum atomic E-state index is -0.262. The van der Waals surface area contributed by atoms with Crippen molar-refractivity contribution in [1.29, 1.82) is 0 Å². The third-order valence-electron chi connectivity index (χ3n) is 3.36. The van der Waals surface area contributed by atoms with Gasteiger partial charge in [0.05, 0.1) is 6.10 Å². The summed E-state index contributed by atoms with van der Waals surface area (Å²) in [5.74, 6) is 0. The van der Waals surface area contributed by atoms with Gasteiger partial charge in [0.25, 0.3) is 0 Å². The Morgan fingerprint density at radius 1 is 1.25 bits per heavy atom. The van der Waals surface area contributed by atoms with E-state index in [0.29, 0.717) is 6.42 Å². The molecule has 1 N–H and O–H groups in total. The van der Waals surface area contributed by atoms with Crippen LogP contribution in [-0.4, -0.2) is 21.2 Å². The molecule has 1 aliphatic rings. The molecule has 1 atom stereocenters. The second-order valence-electron chi connectivity index (χ2n) is 4.57. The first-order valence-corrected chi connectivity index (χ1v) is 6.31. The summed E-state index contributed by atoms with van der Waals surface area (Å²) in [5.41, 5.74) is 3.60. The Bertz CT molecular complexity index is 352. The lowest BCUT2D eigenvalue weighted by atomic mass is 10.0. The van der Waals surface area contributed by atoms with Gasteiger partial charge in [-0.05, 0) is 37.7 Å². The average Bonchev–Trinajstić information content (AvgIpc) is 2.54. The van der Waals surface area contributed by atoms with E-state index < -0.39 is 0 Å². The van der Waals surface area contributed by atoms with Gasteiger partial charge in [0.15, 0.2) is 0 Å². The highest BCUT2D eigenvalue weighted by Gasteiger charge is 2.15. The first-order chi connectivity index (χ1) is 7.81. The van der Waals surface area contributed by atoms with Gasteiger partial charge in [-0.2, -0.15) is 0 Å². The molecule has 16 heavy (non-hydrogen) atoms. The zero-order chi connectivity index (χ0) is 11.4. The van der Waals surface area contributed by atoms with Crippen molar-refractivity contribution in [1.82, 2.24) is 9.97 Å². The molecule has 1 aromatic heterocycles. The van der Waals surface area contributed by atoms with Crippen LogP contribution >= 0.6 is 0 Å². The number of hydrogen-bond donors (Lipinski definition) is 1. The largest absolute Gasteiger partial charge is 0.393 e. The number of aliphatic hydroxyl groups is 1. The number of hydrogen-bond acceptors (Lipinski definition) is 3. The molecule has 0 aromatic carbocycles. The lowest BCUT2D eigenvalue weighted by Crippen LogP contribution is -2.13. The van der Waals surface area contributed by atoms with Crippen LogP contribution in [0.2, 0.25) is 0 Å². The molecule has 3 nitrogen and oxygen atoms in total. The Morgan fingerprint density at radius 2 is 2.06 bits per heavy atom. The summed E-state index contributed by atoms with van der Waals surface area (Å²) < 4.78 is 0. The molecular weight excluding hydrogens is 200 g/mol.